The number of nitrogens with one attached hydrogen (secondary N) is 2. The highest BCUT2D eigenvalue weighted by Gasteiger charge is 2.31. The molecule has 1 aromatic carbocycles. The number of carbonyl (C=O) groups is 1. The molecule has 1 aromatic heterocycles. The number of furan rings is 1. The van der Waals surface area contributed by atoms with Gasteiger partial charge in [-0.2, -0.15) is 4.31 Å². The normalized spacial score (nSPS) is 16.4. The minimum Gasteiger partial charge on any atom is -0.446 e. The number of rotatable bonds is 4. The van der Waals surface area contributed by atoms with Crippen molar-refractivity contribution in [3.8, 4) is 0 Å². The summed E-state index contributed by atoms with van der Waals surface area (Å²) in [6.07, 6.45) is 1.67. The number of nitrogens with zero attached hydrogens (tertiary/aromatic N) is 1. The number of amides is 2. The average molecular weight is 377 g/mol. The van der Waals surface area contributed by atoms with Crippen molar-refractivity contribution >= 4 is 27.4 Å². The smallest absolute Gasteiger partial charge is 0.323 e. The summed E-state index contributed by atoms with van der Waals surface area (Å²) >= 11 is 0. The summed E-state index contributed by atoms with van der Waals surface area (Å²) in [6, 6.07) is 9.89. The Labute approximate surface area is 153 Å². The van der Waals surface area contributed by atoms with E-state index in [1.54, 1.807) is 19.1 Å². The van der Waals surface area contributed by atoms with Crippen LogP contribution in [0.2, 0.25) is 0 Å². The third kappa shape index (κ3) is 4.08. The number of anilines is 2. The minimum absolute atomic E-state index is 0.139. The fraction of sp³-hybridized carbons (Fsp3) is 0.389. The van der Waals surface area contributed by atoms with E-state index < -0.39 is 16.1 Å². The quantitative estimate of drug-likeness (QED) is 0.851. The van der Waals surface area contributed by atoms with Gasteiger partial charge in [0.15, 0.2) is 0 Å². The predicted octanol–water partition coefficient (Wildman–Crippen LogP) is 3.65. The molecule has 1 saturated heterocycles. The maximum atomic E-state index is 12.7. The van der Waals surface area contributed by atoms with Crippen LogP contribution in [0.15, 0.2) is 45.9 Å². The molecule has 0 spiro atoms. The van der Waals surface area contributed by atoms with Gasteiger partial charge in [0.1, 0.15) is 5.76 Å². The van der Waals surface area contributed by atoms with Crippen molar-refractivity contribution in [1.82, 2.24) is 4.31 Å². The molecule has 2 amide bonds. The minimum atomic E-state index is -3.69. The first-order valence-corrected chi connectivity index (χ1v) is 10.0. The van der Waals surface area contributed by atoms with Gasteiger partial charge in [-0.15, -0.1) is 0 Å². The molecule has 2 aromatic rings. The largest absolute Gasteiger partial charge is 0.446 e. The number of hydrogen-bond acceptors (Lipinski definition) is 4. The second-order valence-corrected chi connectivity index (χ2v) is 8.44. The van der Waals surface area contributed by atoms with E-state index in [1.807, 2.05) is 18.2 Å². The zero-order chi connectivity index (χ0) is 18.7. The molecule has 0 radical (unpaired) electrons. The first-order valence-electron chi connectivity index (χ1n) is 8.60. The first-order chi connectivity index (χ1) is 12.4. The lowest BCUT2D eigenvalue weighted by molar-refractivity contribution is 0.262. The van der Waals surface area contributed by atoms with Crippen molar-refractivity contribution < 1.29 is 17.6 Å². The molecule has 2 N–H and O–H groups in total. The van der Waals surface area contributed by atoms with E-state index in [4.69, 9.17) is 4.42 Å². The van der Waals surface area contributed by atoms with Crippen LogP contribution in [0.3, 0.4) is 0 Å². The molecule has 0 aliphatic carbocycles. The molecule has 0 saturated carbocycles. The lowest BCUT2D eigenvalue weighted by atomic mass is 10.0. The number of aryl methyl sites for hydroxylation is 1. The fourth-order valence-electron chi connectivity index (χ4n) is 2.86. The molecule has 26 heavy (non-hydrogen) atoms. The van der Waals surface area contributed by atoms with Gasteiger partial charge in [0.05, 0.1) is 5.69 Å². The summed E-state index contributed by atoms with van der Waals surface area (Å²) in [4.78, 5) is 12.1. The number of piperidine rings is 1. The van der Waals surface area contributed by atoms with E-state index in [2.05, 4.69) is 17.6 Å². The summed E-state index contributed by atoms with van der Waals surface area (Å²) in [5, 5.41) is 5.18. The Bertz CT molecular complexity index is 869. The number of hydrogen-bond donors (Lipinski definition) is 2. The topological polar surface area (TPSA) is 91.7 Å². The maximum Gasteiger partial charge on any atom is 0.323 e. The standard InChI is InChI=1S/C18H23N3O4S/c1-13-8-10-21(11-9-13)26(23,24)17-12-16(14(2)25-17)20-18(22)19-15-6-4-3-5-7-15/h3-7,12-13H,8-11H2,1-2H3,(H2,19,20,22). The second kappa shape index (κ2) is 7.51. The van der Waals surface area contributed by atoms with Crippen molar-refractivity contribution in [1.29, 1.82) is 0 Å². The molecular formula is C18H23N3O4S. The number of benzene rings is 1. The number of urea groups is 1. The molecule has 0 atom stereocenters. The van der Waals surface area contributed by atoms with Crippen molar-refractivity contribution in [2.45, 2.75) is 31.8 Å². The summed E-state index contributed by atoms with van der Waals surface area (Å²) in [6.45, 7) is 4.71. The van der Waals surface area contributed by atoms with Gasteiger partial charge in [0.2, 0.25) is 5.09 Å². The van der Waals surface area contributed by atoms with Gasteiger partial charge in [0, 0.05) is 24.8 Å². The van der Waals surface area contributed by atoms with Crippen LogP contribution < -0.4 is 10.6 Å². The van der Waals surface area contributed by atoms with Gasteiger partial charge in [0.25, 0.3) is 10.0 Å². The van der Waals surface area contributed by atoms with Crippen LogP contribution in [-0.4, -0.2) is 31.8 Å². The van der Waals surface area contributed by atoms with Gasteiger partial charge in [-0.05, 0) is 37.8 Å². The van der Waals surface area contributed by atoms with Crippen LogP contribution in [0, 0.1) is 12.8 Å². The molecule has 8 heteroatoms. The predicted molar refractivity (Wildman–Crippen MR) is 99.7 cm³/mol. The van der Waals surface area contributed by atoms with Crippen LogP contribution in [0.1, 0.15) is 25.5 Å². The third-order valence-corrected chi connectivity index (χ3v) is 6.27. The Hall–Kier alpha value is -2.32. The van der Waals surface area contributed by atoms with Crippen LogP contribution in [-0.2, 0) is 10.0 Å². The Morgan fingerprint density at radius 2 is 1.81 bits per heavy atom. The Morgan fingerprint density at radius 1 is 1.15 bits per heavy atom. The maximum absolute atomic E-state index is 12.7. The highest BCUT2D eigenvalue weighted by Crippen LogP contribution is 2.29. The molecule has 0 bridgehead atoms. The molecule has 140 valence electrons. The molecule has 2 heterocycles. The lowest BCUT2D eigenvalue weighted by Crippen LogP contribution is -2.37. The van der Waals surface area contributed by atoms with E-state index in [9.17, 15) is 13.2 Å². The van der Waals surface area contributed by atoms with Gasteiger partial charge >= 0.3 is 6.03 Å². The van der Waals surface area contributed by atoms with Crippen LogP contribution in [0.4, 0.5) is 16.2 Å². The first kappa shape index (κ1) is 18.5. The second-order valence-electron chi connectivity index (χ2n) is 6.57. The molecule has 1 aliphatic heterocycles. The third-order valence-electron chi connectivity index (χ3n) is 4.51. The summed E-state index contributed by atoms with van der Waals surface area (Å²) in [7, 11) is -3.69. The summed E-state index contributed by atoms with van der Waals surface area (Å²) in [5.41, 5.74) is 0.976. The van der Waals surface area contributed by atoms with Crippen LogP contribution >= 0.6 is 0 Å². The molecule has 0 unspecified atom stereocenters. The Kier molecular flexibility index (Phi) is 5.33. The van der Waals surface area contributed by atoms with Crippen molar-refractivity contribution in [2.75, 3.05) is 23.7 Å². The molecule has 1 fully saturated rings. The molecule has 7 nitrogen and oxygen atoms in total. The Balaban J connectivity index is 1.71. The summed E-state index contributed by atoms with van der Waals surface area (Å²) in [5.74, 6) is 0.871. The number of carbonyl (C=O) groups excluding carboxylic acids is 1. The van der Waals surface area contributed by atoms with Gasteiger partial charge < -0.3 is 15.1 Å². The molecular weight excluding hydrogens is 354 g/mol. The van der Waals surface area contributed by atoms with Gasteiger partial charge in [-0.1, -0.05) is 25.1 Å². The zero-order valence-corrected chi connectivity index (χ0v) is 15.7. The highest BCUT2D eigenvalue weighted by atomic mass is 32.2. The van der Waals surface area contributed by atoms with Crippen molar-refractivity contribution in [3.05, 3.63) is 42.2 Å². The van der Waals surface area contributed by atoms with Gasteiger partial charge in [-0.25, -0.2) is 13.2 Å². The number of sulfonamides is 1. The van der Waals surface area contributed by atoms with Crippen LogP contribution in [0.25, 0.3) is 0 Å². The van der Waals surface area contributed by atoms with E-state index in [1.165, 1.54) is 10.4 Å². The van der Waals surface area contributed by atoms with E-state index in [0.717, 1.165) is 12.8 Å². The number of para-hydroxylation sites is 1. The van der Waals surface area contributed by atoms with Crippen LogP contribution in [0.5, 0.6) is 0 Å². The lowest BCUT2D eigenvalue weighted by Gasteiger charge is -2.28. The molecule has 1 aliphatic rings. The molecule has 3 rings (SSSR count). The fourth-order valence-corrected chi connectivity index (χ4v) is 4.31. The van der Waals surface area contributed by atoms with E-state index in [0.29, 0.717) is 36.1 Å². The summed E-state index contributed by atoms with van der Waals surface area (Å²) < 4.78 is 32.4. The SMILES string of the molecule is Cc1oc(S(=O)(=O)N2CCC(C)CC2)cc1NC(=O)Nc1ccccc1. The highest BCUT2D eigenvalue weighted by molar-refractivity contribution is 7.89. The van der Waals surface area contributed by atoms with Gasteiger partial charge in [-0.3, -0.25) is 0 Å². The Morgan fingerprint density at radius 3 is 2.46 bits per heavy atom. The zero-order valence-electron chi connectivity index (χ0n) is 14.9. The van der Waals surface area contributed by atoms with E-state index in [-0.39, 0.29) is 5.09 Å². The van der Waals surface area contributed by atoms with E-state index >= 15 is 0 Å². The van der Waals surface area contributed by atoms with Crippen molar-refractivity contribution in [3.63, 3.8) is 0 Å². The monoisotopic (exact) mass is 377 g/mol. The van der Waals surface area contributed by atoms with Crippen molar-refractivity contribution in [2.24, 2.45) is 5.92 Å². The average Bonchev–Trinajstić information content (AvgIpc) is 2.97.